The number of aromatic nitrogens is 2. The molecule has 2 aliphatic rings. The van der Waals surface area contributed by atoms with Crippen LogP contribution in [0.15, 0.2) is 57.8 Å². The lowest BCUT2D eigenvalue weighted by molar-refractivity contribution is -0.384. The fourth-order valence-corrected chi connectivity index (χ4v) is 5.41. The predicted octanol–water partition coefficient (Wildman–Crippen LogP) is 4.08. The molecule has 0 radical (unpaired) electrons. The van der Waals surface area contributed by atoms with Crippen LogP contribution >= 0.6 is 0 Å². The van der Waals surface area contributed by atoms with Crippen molar-refractivity contribution in [3.8, 4) is 5.75 Å². The predicted molar refractivity (Wildman–Crippen MR) is 133 cm³/mol. The van der Waals surface area contributed by atoms with E-state index in [-0.39, 0.29) is 28.4 Å². The number of H-pyrrole nitrogens is 1. The van der Waals surface area contributed by atoms with E-state index in [1.54, 1.807) is 24.1 Å². The van der Waals surface area contributed by atoms with E-state index in [2.05, 4.69) is 19.9 Å². The second kappa shape index (κ2) is 9.54. The Balaban J connectivity index is 1.17. The highest BCUT2D eigenvalue weighted by Crippen LogP contribution is 2.37. The molecule has 3 aromatic rings. The molecule has 0 spiro atoms. The van der Waals surface area contributed by atoms with Gasteiger partial charge in [-0.3, -0.25) is 15.2 Å². The third-order valence-electron chi connectivity index (χ3n) is 6.18. The van der Waals surface area contributed by atoms with Crippen molar-refractivity contribution >= 4 is 45.4 Å². The summed E-state index contributed by atoms with van der Waals surface area (Å²) >= 11 is 0. The quantitative estimate of drug-likeness (QED) is 0.206. The molecule has 2 aromatic carbocycles. The van der Waals surface area contributed by atoms with Crippen LogP contribution in [0.3, 0.4) is 0 Å². The Morgan fingerprint density at radius 2 is 1.97 bits per heavy atom. The molecule has 1 aromatic heterocycles. The fraction of sp³-hybridized carbons (Fsp3) is 0.261. The highest BCUT2D eigenvalue weighted by molar-refractivity contribution is 7.90. The van der Waals surface area contributed by atoms with Gasteiger partial charge in [-0.05, 0) is 49.6 Å². The van der Waals surface area contributed by atoms with Crippen LogP contribution in [0.25, 0.3) is 0 Å². The summed E-state index contributed by atoms with van der Waals surface area (Å²) in [5, 5.41) is 21.2. The summed E-state index contributed by atoms with van der Waals surface area (Å²) in [4.78, 5) is 24.1. The van der Waals surface area contributed by atoms with Crippen molar-refractivity contribution in [2.24, 2.45) is 4.40 Å². The molecule has 37 heavy (non-hydrogen) atoms. The lowest BCUT2D eigenvalue weighted by Crippen LogP contribution is -2.22. The van der Waals surface area contributed by atoms with Gasteiger partial charge in [0, 0.05) is 42.5 Å². The lowest BCUT2D eigenvalue weighted by Gasteiger charge is -2.21. The van der Waals surface area contributed by atoms with Crippen LogP contribution in [0.5, 0.6) is 5.75 Å². The summed E-state index contributed by atoms with van der Waals surface area (Å²) in [5.74, 6) is 0.816. The minimum Gasteiger partial charge on any atom is -0.431 e. The number of anilines is 3. The van der Waals surface area contributed by atoms with Crippen molar-refractivity contribution in [1.29, 1.82) is 0 Å². The molecule has 2 atom stereocenters. The summed E-state index contributed by atoms with van der Waals surface area (Å²) in [5.41, 5.74) is 1.94. The van der Waals surface area contributed by atoms with E-state index in [9.17, 15) is 23.3 Å². The monoisotopic (exact) mass is 526 g/mol. The third-order valence-corrected chi connectivity index (χ3v) is 7.45. The number of nitro benzene ring substituents is 1. The van der Waals surface area contributed by atoms with Gasteiger partial charge in [0.1, 0.15) is 23.1 Å². The van der Waals surface area contributed by atoms with Gasteiger partial charge in [-0.25, -0.2) is 4.79 Å². The van der Waals surface area contributed by atoms with Gasteiger partial charge in [0.25, 0.3) is 15.7 Å². The van der Waals surface area contributed by atoms with Gasteiger partial charge < -0.3 is 19.7 Å². The van der Waals surface area contributed by atoms with Crippen LogP contribution in [0.1, 0.15) is 30.9 Å². The zero-order valence-electron chi connectivity index (χ0n) is 19.5. The minimum absolute atomic E-state index is 0.0937. The molecule has 0 unspecified atom stereocenters. The Hall–Kier alpha value is -4.46. The number of nitro groups is 1. The van der Waals surface area contributed by atoms with Gasteiger partial charge in [0.2, 0.25) is 0 Å². The maximum atomic E-state index is 12.1. The zero-order chi connectivity index (χ0) is 26.2. The second-order valence-electron chi connectivity index (χ2n) is 8.68. The molecule has 14 heteroatoms. The molecule has 0 amide bonds. The van der Waals surface area contributed by atoms with Crippen molar-refractivity contribution in [2.75, 3.05) is 17.3 Å². The topological polar surface area (TPSA) is 169 Å². The van der Waals surface area contributed by atoms with Crippen molar-refractivity contribution in [3.05, 3.63) is 64.3 Å². The summed E-state index contributed by atoms with van der Waals surface area (Å²) in [6.45, 7) is 0. The lowest BCUT2D eigenvalue weighted by atomic mass is 10.0. The summed E-state index contributed by atoms with van der Waals surface area (Å²) < 4.78 is 38.4. The summed E-state index contributed by atoms with van der Waals surface area (Å²) in [6.07, 6.45) is 2.06. The van der Waals surface area contributed by atoms with Gasteiger partial charge in [-0.1, -0.05) is 0 Å². The average Bonchev–Trinajstić information content (AvgIpc) is 3.51. The standard InChI is InChI=1S/C23H22N6O7S/c1-28-13-24-37(33,34)21-9-3-15(11-20(21)28)25-22-12-19(26-27-22)14-2-6-18(10-14)36-23(30)35-17-7-4-16(5-8-17)29(31)32/h3-5,7-9,11-14,18H,2,6,10H2,1H3,(H2,25,26,27)/t14-,18+/m0/s1. The molecule has 2 heterocycles. The number of hydrogen-bond donors (Lipinski definition) is 2. The second-order valence-corrected chi connectivity index (χ2v) is 10.3. The molecule has 0 bridgehead atoms. The van der Waals surface area contributed by atoms with Crippen LogP contribution in [0.4, 0.5) is 27.7 Å². The number of nitrogens with zero attached hydrogens (tertiary/aromatic N) is 4. The number of sulfonamides is 1. The molecule has 0 saturated heterocycles. The summed E-state index contributed by atoms with van der Waals surface area (Å²) in [7, 11) is -1.98. The van der Waals surface area contributed by atoms with Crippen LogP contribution in [0.2, 0.25) is 0 Å². The number of carbonyl (C=O) groups is 1. The van der Waals surface area contributed by atoms with Gasteiger partial charge in [0.15, 0.2) is 5.82 Å². The maximum absolute atomic E-state index is 12.1. The Labute approximate surface area is 211 Å². The van der Waals surface area contributed by atoms with E-state index in [4.69, 9.17) is 9.47 Å². The van der Waals surface area contributed by atoms with Crippen molar-refractivity contribution in [3.63, 3.8) is 0 Å². The number of benzene rings is 2. The molecule has 1 fully saturated rings. The Bertz CT molecular complexity index is 1490. The smallest absolute Gasteiger partial charge is 0.431 e. The molecule has 5 rings (SSSR count). The van der Waals surface area contributed by atoms with Crippen LogP contribution in [0, 0.1) is 10.1 Å². The van der Waals surface area contributed by atoms with E-state index >= 15 is 0 Å². The molecule has 13 nitrogen and oxygen atoms in total. The zero-order valence-corrected chi connectivity index (χ0v) is 20.3. The average molecular weight is 527 g/mol. The van der Waals surface area contributed by atoms with E-state index in [1.165, 1.54) is 36.7 Å². The first-order chi connectivity index (χ1) is 17.7. The number of aromatic amines is 1. The number of fused-ring (bicyclic) bond motifs is 1. The molecule has 1 aliphatic carbocycles. The van der Waals surface area contributed by atoms with Crippen molar-refractivity contribution < 1.29 is 27.6 Å². The van der Waals surface area contributed by atoms with Crippen molar-refractivity contribution in [2.45, 2.75) is 36.2 Å². The van der Waals surface area contributed by atoms with Gasteiger partial charge in [0.05, 0.1) is 10.6 Å². The molecular formula is C23H22N6O7S. The van der Waals surface area contributed by atoms with Gasteiger partial charge in [-0.15, -0.1) is 4.40 Å². The van der Waals surface area contributed by atoms with Crippen LogP contribution < -0.4 is 15.0 Å². The number of carbonyl (C=O) groups excluding carboxylic acids is 1. The highest BCUT2D eigenvalue weighted by Gasteiger charge is 2.31. The Kier molecular flexibility index (Phi) is 6.25. The first kappa shape index (κ1) is 24.2. The van der Waals surface area contributed by atoms with E-state index in [0.29, 0.717) is 30.0 Å². The van der Waals surface area contributed by atoms with Gasteiger partial charge in [-0.2, -0.15) is 13.5 Å². The fourth-order valence-electron chi connectivity index (χ4n) is 4.32. The van der Waals surface area contributed by atoms with Crippen LogP contribution in [-0.4, -0.2) is 49.2 Å². The highest BCUT2D eigenvalue weighted by atomic mass is 32.2. The molecule has 1 saturated carbocycles. The Morgan fingerprint density at radius 1 is 1.19 bits per heavy atom. The number of ether oxygens (including phenoxy) is 2. The third kappa shape index (κ3) is 5.23. The van der Waals surface area contributed by atoms with Gasteiger partial charge >= 0.3 is 6.16 Å². The number of nitrogens with one attached hydrogen (secondary N) is 2. The SMILES string of the molecule is CN1C=NS(=O)(=O)c2ccc(Nc3cc([C@H]4CC[C@@H](OC(=O)Oc5ccc([N+](=O)[O-])cc5)C4)[nH]n3)cc21. The van der Waals surface area contributed by atoms with E-state index in [0.717, 1.165) is 12.1 Å². The molecular weight excluding hydrogens is 504 g/mol. The normalized spacial score (nSPS) is 19.8. The molecule has 2 N–H and O–H groups in total. The number of non-ortho nitro benzene ring substituents is 1. The Morgan fingerprint density at radius 3 is 2.73 bits per heavy atom. The van der Waals surface area contributed by atoms with Crippen molar-refractivity contribution in [1.82, 2.24) is 10.2 Å². The first-order valence-corrected chi connectivity index (χ1v) is 12.7. The number of rotatable bonds is 6. The summed E-state index contributed by atoms with van der Waals surface area (Å²) in [6, 6.07) is 11.9. The number of hydrogen-bond acceptors (Lipinski definition) is 10. The minimum atomic E-state index is -3.70. The van der Waals surface area contributed by atoms with E-state index < -0.39 is 21.1 Å². The molecule has 192 valence electrons. The largest absolute Gasteiger partial charge is 0.514 e. The first-order valence-electron chi connectivity index (χ1n) is 11.3. The van der Waals surface area contributed by atoms with Crippen LogP contribution in [-0.2, 0) is 14.8 Å². The molecule has 1 aliphatic heterocycles. The maximum Gasteiger partial charge on any atom is 0.514 e. The van der Waals surface area contributed by atoms with E-state index in [1.807, 2.05) is 6.07 Å².